The quantitative estimate of drug-likeness (QED) is 0.718. The third kappa shape index (κ3) is 4.42. The first kappa shape index (κ1) is 15.2. The van der Waals surface area contributed by atoms with E-state index >= 15 is 0 Å². The molecule has 0 radical (unpaired) electrons. The zero-order valence-corrected chi connectivity index (χ0v) is 12.6. The van der Waals surface area contributed by atoms with Crippen molar-refractivity contribution in [2.24, 2.45) is 0 Å². The summed E-state index contributed by atoms with van der Waals surface area (Å²) in [5, 5.41) is 10.6. The highest BCUT2D eigenvalue weighted by molar-refractivity contribution is 9.10. The van der Waals surface area contributed by atoms with Crippen LogP contribution in [-0.2, 0) is 6.54 Å². The van der Waals surface area contributed by atoms with Gasteiger partial charge in [-0.3, -0.25) is 4.79 Å². The normalized spacial score (nSPS) is 10.6. The van der Waals surface area contributed by atoms with Crippen LogP contribution in [0.1, 0.15) is 26.7 Å². The molecule has 5 nitrogen and oxygen atoms in total. The molecule has 0 aliphatic carbocycles. The van der Waals surface area contributed by atoms with E-state index in [4.69, 9.17) is 0 Å². The highest BCUT2D eigenvalue weighted by Gasteiger charge is 2.07. The summed E-state index contributed by atoms with van der Waals surface area (Å²) in [5.74, 6) is 0. The number of rotatable bonds is 8. The summed E-state index contributed by atoms with van der Waals surface area (Å²) in [6.07, 6.45) is 3.71. The molecule has 0 saturated heterocycles. The van der Waals surface area contributed by atoms with E-state index in [0.29, 0.717) is 11.0 Å². The number of anilines is 1. The van der Waals surface area contributed by atoms with Gasteiger partial charge in [0.2, 0.25) is 0 Å². The summed E-state index contributed by atoms with van der Waals surface area (Å²) in [5.41, 5.74) is 0.675. The number of nitrogens with one attached hydrogen (secondary N) is 2. The minimum absolute atomic E-state index is 0.0802. The largest absolute Gasteiger partial charge is 0.381 e. The molecule has 0 saturated carbocycles. The molecule has 18 heavy (non-hydrogen) atoms. The molecule has 102 valence electrons. The number of aromatic nitrogens is 2. The lowest BCUT2D eigenvalue weighted by Crippen LogP contribution is -2.26. The molecule has 1 aromatic rings. The second-order valence-electron chi connectivity index (χ2n) is 4.08. The summed E-state index contributed by atoms with van der Waals surface area (Å²) >= 11 is 3.33. The van der Waals surface area contributed by atoms with Crippen molar-refractivity contribution in [2.45, 2.75) is 33.2 Å². The van der Waals surface area contributed by atoms with Gasteiger partial charge in [-0.2, -0.15) is 5.10 Å². The molecule has 1 aromatic heterocycles. The van der Waals surface area contributed by atoms with Crippen LogP contribution in [-0.4, -0.2) is 29.4 Å². The van der Waals surface area contributed by atoms with Crippen LogP contribution >= 0.6 is 15.9 Å². The van der Waals surface area contributed by atoms with Crippen molar-refractivity contribution in [3.8, 4) is 0 Å². The Morgan fingerprint density at radius 3 is 2.72 bits per heavy atom. The van der Waals surface area contributed by atoms with Crippen molar-refractivity contribution >= 4 is 21.6 Å². The van der Waals surface area contributed by atoms with Gasteiger partial charge in [0, 0.05) is 19.6 Å². The van der Waals surface area contributed by atoms with Gasteiger partial charge in [0.1, 0.15) is 4.47 Å². The zero-order valence-electron chi connectivity index (χ0n) is 11.0. The number of hydrogen-bond acceptors (Lipinski definition) is 4. The first-order valence-electron chi connectivity index (χ1n) is 6.40. The van der Waals surface area contributed by atoms with Crippen LogP contribution in [0.25, 0.3) is 0 Å². The van der Waals surface area contributed by atoms with Gasteiger partial charge in [0.05, 0.1) is 11.9 Å². The average molecular weight is 317 g/mol. The van der Waals surface area contributed by atoms with E-state index in [9.17, 15) is 4.79 Å². The topological polar surface area (TPSA) is 59.0 Å². The third-order valence-electron chi connectivity index (χ3n) is 2.46. The van der Waals surface area contributed by atoms with E-state index in [-0.39, 0.29) is 5.56 Å². The van der Waals surface area contributed by atoms with Crippen molar-refractivity contribution in [3.05, 3.63) is 21.0 Å². The van der Waals surface area contributed by atoms with Crippen LogP contribution in [0.3, 0.4) is 0 Å². The molecule has 0 aliphatic rings. The van der Waals surface area contributed by atoms with Gasteiger partial charge in [0.15, 0.2) is 0 Å². The zero-order chi connectivity index (χ0) is 13.4. The Labute approximate surface area is 116 Å². The fraction of sp³-hybridized carbons (Fsp3) is 0.667. The Morgan fingerprint density at radius 2 is 2.06 bits per heavy atom. The fourth-order valence-corrected chi connectivity index (χ4v) is 1.99. The third-order valence-corrected chi connectivity index (χ3v) is 3.23. The molecule has 0 fully saturated rings. The number of hydrogen-bond donors (Lipinski definition) is 2. The van der Waals surface area contributed by atoms with E-state index in [1.54, 1.807) is 6.20 Å². The van der Waals surface area contributed by atoms with Gasteiger partial charge >= 0.3 is 0 Å². The lowest BCUT2D eigenvalue weighted by molar-refractivity contribution is 0.565. The van der Waals surface area contributed by atoms with Gasteiger partial charge in [-0.25, -0.2) is 4.68 Å². The second kappa shape index (κ2) is 8.26. The van der Waals surface area contributed by atoms with Crippen molar-refractivity contribution in [1.29, 1.82) is 0 Å². The summed E-state index contributed by atoms with van der Waals surface area (Å²) < 4.78 is 2.03. The van der Waals surface area contributed by atoms with Crippen molar-refractivity contribution in [1.82, 2.24) is 15.1 Å². The SMILES string of the molecule is CCCNCCNc1cnn(CCC)c(=O)c1Br. The van der Waals surface area contributed by atoms with Gasteiger partial charge < -0.3 is 10.6 Å². The molecule has 0 aliphatic heterocycles. The molecule has 0 amide bonds. The van der Waals surface area contributed by atoms with Crippen LogP contribution in [0.2, 0.25) is 0 Å². The van der Waals surface area contributed by atoms with E-state index in [1.807, 2.05) is 6.92 Å². The van der Waals surface area contributed by atoms with Gasteiger partial charge in [0.25, 0.3) is 5.56 Å². The lowest BCUT2D eigenvalue weighted by Gasteiger charge is -2.10. The molecular weight excluding hydrogens is 296 g/mol. The van der Waals surface area contributed by atoms with E-state index in [1.165, 1.54) is 4.68 Å². The van der Waals surface area contributed by atoms with Crippen LogP contribution in [0.4, 0.5) is 5.69 Å². The van der Waals surface area contributed by atoms with Gasteiger partial charge in [-0.05, 0) is 35.3 Å². The van der Waals surface area contributed by atoms with E-state index in [2.05, 4.69) is 38.6 Å². The predicted molar refractivity (Wildman–Crippen MR) is 78.1 cm³/mol. The summed E-state index contributed by atoms with van der Waals surface area (Å²) in [7, 11) is 0. The maximum Gasteiger partial charge on any atom is 0.283 e. The highest BCUT2D eigenvalue weighted by Crippen LogP contribution is 2.15. The molecule has 2 N–H and O–H groups in total. The summed E-state index contributed by atoms with van der Waals surface area (Å²) in [6, 6.07) is 0. The molecule has 1 rings (SSSR count). The maximum absolute atomic E-state index is 11.9. The van der Waals surface area contributed by atoms with Crippen LogP contribution < -0.4 is 16.2 Å². The van der Waals surface area contributed by atoms with Crippen LogP contribution in [0.15, 0.2) is 15.5 Å². The Balaban J connectivity index is 2.57. The van der Waals surface area contributed by atoms with Crippen LogP contribution in [0.5, 0.6) is 0 Å². The number of halogens is 1. The minimum Gasteiger partial charge on any atom is -0.381 e. The minimum atomic E-state index is -0.0802. The van der Waals surface area contributed by atoms with Crippen LogP contribution in [0, 0.1) is 0 Å². The monoisotopic (exact) mass is 316 g/mol. The molecular formula is C12H21BrN4O. The summed E-state index contributed by atoms with van der Waals surface area (Å²) in [6.45, 7) is 7.46. The molecule has 0 unspecified atom stereocenters. The molecule has 0 aromatic carbocycles. The van der Waals surface area contributed by atoms with Crippen molar-refractivity contribution in [2.75, 3.05) is 25.0 Å². The molecule has 0 spiro atoms. The molecule has 0 atom stereocenters. The number of nitrogens with zero attached hydrogens (tertiary/aromatic N) is 2. The Bertz CT molecular complexity index is 419. The number of aryl methyl sites for hydroxylation is 1. The predicted octanol–water partition coefficient (Wildman–Crippen LogP) is 1.83. The lowest BCUT2D eigenvalue weighted by atomic mass is 10.4. The molecule has 6 heteroatoms. The first-order valence-corrected chi connectivity index (χ1v) is 7.20. The van der Waals surface area contributed by atoms with E-state index < -0.39 is 0 Å². The van der Waals surface area contributed by atoms with Gasteiger partial charge in [-0.1, -0.05) is 13.8 Å². The van der Waals surface area contributed by atoms with Crippen molar-refractivity contribution in [3.63, 3.8) is 0 Å². The fourth-order valence-electron chi connectivity index (χ4n) is 1.55. The Hall–Kier alpha value is -0.880. The Kier molecular flexibility index (Phi) is 6.97. The standard InChI is InChI=1S/C12H21BrN4O/c1-3-5-14-6-7-15-10-9-16-17(8-4-2)12(18)11(10)13/h9,14-15H,3-8H2,1-2H3. The Morgan fingerprint density at radius 1 is 1.28 bits per heavy atom. The van der Waals surface area contributed by atoms with E-state index in [0.717, 1.165) is 38.2 Å². The second-order valence-corrected chi connectivity index (χ2v) is 4.87. The average Bonchev–Trinajstić information content (AvgIpc) is 2.37. The molecule has 1 heterocycles. The summed E-state index contributed by atoms with van der Waals surface area (Å²) in [4.78, 5) is 11.9. The molecule has 0 bridgehead atoms. The maximum atomic E-state index is 11.9. The smallest absolute Gasteiger partial charge is 0.283 e. The highest BCUT2D eigenvalue weighted by atomic mass is 79.9. The van der Waals surface area contributed by atoms with Crippen molar-refractivity contribution < 1.29 is 0 Å². The van der Waals surface area contributed by atoms with Gasteiger partial charge in [-0.15, -0.1) is 0 Å². The first-order chi connectivity index (χ1) is 8.70.